The van der Waals surface area contributed by atoms with Crippen LogP contribution in [0.2, 0.25) is 0 Å². The van der Waals surface area contributed by atoms with E-state index >= 15 is 0 Å². The Morgan fingerprint density at radius 2 is 2.00 bits per heavy atom. The van der Waals surface area contributed by atoms with Gasteiger partial charge in [-0.3, -0.25) is 4.79 Å². The quantitative estimate of drug-likeness (QED) is 0.605. The number of hydrogen-bond donors (Lipinski definition) is 0. The number of halogens is 1. The zero-order valence-corrected chi connectivity index (χ0v) is 13.4. The van der Waals surface area contributed by atoms with Crippen LogP contribution in [0.1, 0.15) is 11.1 Å². The topological polar surface area (TPSA) is 39.2 Å². The standard InChI is InChI=1S/C15H14BrNO2S/c1-19-14(18)9-11-5-2-3-6-12(11)10-20-15-13(16)7-4-8-17-15/h2-8H,9-10H2,1H3. The summed E-state index contributed by atoms with van der Waals surface area (Å²) in [6.45, 7) is 0. The first-order valence-electron chi connectivity index (χ1n) is 6.07. The van der Waals surface area contributed by atoms with Gasteiger partial charge in [-0.1, -0.05) is 24.3 Å². The molecule has 1 heterocycles. The van der Waals surface area contributed by atoms with Crippen LogP contribution in [0.5, 0.6) is 0 Å². The molecular weight excluding hydrogens is 338 g/mol. The molecule has 0 atom stereocenters. The minimum Gasteiger partial charge on any atom is -0.469 e. The van der Waals surface area contributed by atoms with Crippen molar-refractivity contribution in [1.82, 2.24) is 4.98 Å². The van der Waals surface area contributed by atoms with Gasteiger partial charge < -0.3 is 4.74 Å². The van der Waals surface area contributed by atoms with Crippen LogP contribution in [0.4, 0.5) is 0 Å². The Labute approximate surface area is 130 Å². The fourth-order valence-corrected chi connectivity index (χ4v) is 3.24. The van der Waals surface area contributed by atoms with Crippen LogP contribution in [-0.4, -0.2) is 18.1 Å². The van der Waals surface area contributed by atoms with E-state index in [0.29, 0.717) is 6.42 Å². The number of thioether (sulfide) groups is 1. The van der Waals surface area contributed by atoms with Crippen LogP contribution in [-0.2, 0) is 21.7 Å². The molecule has 0 unspecified atom stereocenters. The molecule has 0 amide bonds. The summed E-state index contributed by atoms with van der Waals surface area (Å²) in [5.74, 6) is 0.546. The van der Waals surface area contributed by atoms with Gasteiger partial charge in [-0.2, -0.15) is 0 Å². The summed E-state index contributed by atoms with van der Waals surface area (Å²) in [5.41, 5.74) is 2.12. The van der Waals surface area contributed by atoms with Crippen molar-refractivity contribution in [2.75, 3.05) is 7.11 Å². The van der Waals surface area contributed by atoms with Crippen LogP contribution < -0.4 is 0 Å². The number of nitrogens with zero attached hydrogens (tertiary/aromatic N) is 1. The van der Waals surface area contributed by atoms with Gasteiger partial charge in [0.15, 0.2) is 0 Å². The van der Waals surface area contributed by atoms with Crippen molar-refractivity contribution in [2.45, 2.75) is 17.2 Å². The highest BCUT2D eigenvalue weighted by Gasteiger charge is 2.09. The van der Waals surface area contributed by atoms with Crippen molar-refractivity contribution in [3.05, 3.63) is 58.2 Å². The Morgan fingerprint density at radius 1 is 1.25 bits per heavy atom. The van der Waals surface area contributed by atoms with E-state index in [1.165, 1.54) is 7.11 Å². The van der Waals surface area contributed by atoms with Gasteiger partial charge in [0.05, 0.1) is 13.5 Å². The third-order valence-electron chi connectivity index (χ3n) is 2.77. The molecule has 0 aliphatic heterocycles. The highest BCUT2D eigenvalue weighted by molar-refractivity contribution is 9.10. The smallest absolute Gasteiger partial charge is 0.309 e. The molecule has 0 N–H and O–H groups in total. The Hall–Kier alpha value is -1.33. The summed E-state index contributed by atoms with van der Waals surface area (Å²) in [4.78, 5) is 15.7. The molecule has 0 spiro atoms. The minimum absolute atomic E-state index is 0.221. The third-order valence-corrected chi connectivity index (χ3v) is 4.73. The summed E-state index contributed by atoms with van der Waals surface area (Å²) < 4.78 is 5.71. The zero-order chi connectivity index (χ0) is 14.4. The highest BCUT2D eigenvalue weighted by atomic mass is 79.9. The molecule has 104 valence electrons. The predicted molar refractivity (Wildman–Crippen MR) is 83.7 cm³/mol. The number of rotatable bonds is 5. The average Bonchev–Trinajstić information content (AvgIpc) is 2.47. The molecule has 5 heteroatoms. The molecule has 2 rings (SSSR count). The van der Waals surface area contributed by atoms with Gasteiger partial charge >= 0.3 is 5.97 Å². The molecule has 0 bridgehead atoms. The van der Waals surface area contributed by atoms with Crippen LogP contribution in [0, 0.1) is 0 Å². The number of aromatic nitrogens is 1. The lowest BCUT2D eigenvalue weighted by Crippen LogP contribution is -2.06. The third kappa shape index (κ3) is 4.08. The van der Waals surface area contributed by atoms with Crippen LogP contribution in [0.25, 0.3) is 0 Å². The molecule has 2 aromatic rings. The molecule has 0 radical (unpaired) electrons. The normalized spacial score (nSPS) is 10.3. The van der Waals surface area contributed by atoms with E-state index in [9.17, 15) is 4.79 Å². The van der Waals surface area contributed by atoms with E-state index in [2.05, 4.69) is 20.9 Å². The minimum atomic E-state index is -0.221. The van der Waals surface area contributed by atoms with Gasteiger partial charge in [-0.05, 0) is 39.2 Å². The number of pyridine rings is 1. The second kappa shape index (κ2) is 7.45. The lowest BCUT2D eigenvalue weighted by Gasteiger charge is -2.08. The Balaban J connectivity index is 2.10. The number of hydrogen-bond acceptors (Lipinski definition) is 4. The van der Waals surface area contributed by atoms with Crippen molar-refractivity contribution in [1.29, 1.82) is 0 Å². The van der Waals surface area contributed by atoms with E-state index in [4.69, 9.17) is 4.74 Å². The molecule has 0 aliphatic carbocycles. The lowest BCUT2D eigenvalue weighted by molar-refractivity contribution is -0.139. The van der Waals surface area contributed by atoms with Gasteiger partial charge in [0, 0.05) is 16.4 Å². The monoisotopic (exact) mass is 351 g/mol. The van der Waals surface area contributed by atoms with Crippen LogP contribution >= 0.6 is 27.7 Å². The van der Waals surface area contributed by atoms with Crippen molar-refractivity contribution in [3.8, 4) is 0 Å². The fraction of sp³-hybridized carbons (Fsp3) is 0.200. The van der Waals surface area contributed by atoms with Gasteiger partial charge in [-0.25, -0.2) is 4.98 Å². The molecule has 1 aromatic carbocycles. The number of methoxy groups -OCH3 is 1. The van der Waals surface area contributed by atoms with E-state index in [1.54, 1.807) is 18.0 Å². The summed E-state index contributed by atoms with van der Waals surface area (Å²) in [7, 11) is 1.41. The summed E-state index contributed by atoms with van der Waals surface area (Å²) in [5, 5.41) is 0.945. The molecular formula is C15H14BrNO2S. The maximum absolute atomic E-state index is 11.4. The van der Waals surface area contributed by atoms with Crippen molar-refractivity contribution >= 4 is 33.7 Å². The zero-order valence-electron chi connectivity index (χ0n) is 11.0. The van der Waals surface area contributed by atoms with Crippen molar-refractivity contribution in [2.24, 2.45) is 0 Å². The van der Waals surface area contributed by atoms with Crippen LogP contribution in [0.3, 0.4) is 0 Å². The Kier molecular flexibility index (Phi) is 5.61. The molecule has 1 aromatic heterocycles. The van der Waals surface area contributed by atoms with E-state index in [-0.39, 0.29) is 5.97 Å². The van der Waals surface area contributed by atoms with Gasteiger partial charge in [0.2, 0.25) is 0 Å². The first-order valence-corrected chi connectivity index (χ1v) is 7.85. The number of carbonyl (C=O) groups is 1. The fourth-order valence-electron chi connectivity index (χ4n) is 1.72. The number of esters is 1. The van der Waals surface area contributed by atoms with Crippen molar-refractivity contribution in [3.63, 3.8) is 0 Å². The maximum atomic E-state index is 11.4. The molecule has 0 saturated carbocycles. The highest BCUT2D eigenvalue weighted by Crippen LogP contribution is 2.28. The molecule has 20 heavy (non-hydrogen) atoms. The largest absolute Gasteiger partial charge is 0.469 e. The van der Waals surface area contributed by atoms with E-state index < -0.39 is 0 Å². The number of benzene rings is 1. The predicted octanol–water partition coefficient (Wildman–Crippen LogP) is 3.85. The second-order valence-corrected chi connectivity index (χ2v) is 5.92. The summed E-state index contributed by atoms with van der Waals surface area (Å²) in [6, 6.07) is 11.8. The summed E-state index contributed by atoms with van der Waals surface area (Å²) in [6.07, 6.45) is 2.07. The maximum Gasteiger partial charge on any atom is 0.309 e. The number of ether oxygens (including phenoxy) is 1. The average molecular weight is 352 g/mol. The first kappa shape index (κ1) is 15.1. The van der Waals surface area contributed by atoms with Crippen LogP contribution in [0.15, 0.2) is 52.1 Å². The molecule has 0 aliphatic rings. The van der Waals surface area contributed by atoms with Gasteiger partial charge in [0.1, 0.15) is 5.03 Å². The lowest BCUT2D eigenvalue weighted by atomic mass is 10.1. The molecule has 3 nitrogen and oxygen atoms in total. The first-order chi connectivity index (χ1) is 9.70. The van der Waals surface area contributed by atoms with E-state index in [1.807, 2.05) is 36.4 Å². The second-order valence-electron chi connectivity index (χ2n) is 4.10. The SMILES string of the molecule is COC(=O)Cc1ccccc1CSc1ncccc1Br. The van der Waals surface area contributed by atoms with E-state index in [0.717, 1.165) is 26.4 Å². The molecule has 0 fully saturated rings. The Bertz CT molecular complexity index is 604. The Morgan fingerprint density at radius 3 is 2.70 bits per heavy atom. The van der Waals surface area contributed by atoms with Gasteiger partial charge in [0.25, 0.3) is 0 Å². The summed E-state index contributed by atoms with van der Waals surface area (Å²) >= 11 is 5.12. The van der Waals surface area contributed by atoms with Gasteiger partial charge in [-0.15, -0.1) is 11.8 Å². The number of carbonyl (C=O) groups excluding carboxylic acids is 1. The molecule has 0 saturated heterocycles. The van der Waals surface area contributed by atoms with Crippen molar-refractivity contribution < 1.29 is 9.53 Å².